The van der Waals surface area contributed by atoms with Crippen molar-refractivity contribution in [2.45, 2.75) is 0 Å². The molecule has 10 heteroatoms. The van der Waals surface area contributed by atoms with E-state index in [1.807, 2.05) is 5.43 Å². The molecule has 2 aromatic rings. The smallest absolute Gasteiger partial charge is 0.316 e. The summed E-state index contributed by atoms with van der Waals surface area (Å²) < 4.78 is 0. The minimum atomic E-state index is -1.03. The highest BCUT2D eigenvalue weighted by Gasteiger charge is 2.15. The van der Waals surface area contributed by atoms with Gasteiger partial charge in [0.15, 0.2) is 0 Å². The van der Waals surface area contributed by atoms with Crippen LogP contribution < -0.4 is 10.7 Å². The summed E-state index contributed by atoms with van der Waals surface area (Å²) in [6.45, 7) is 0. The van der Waals surface area contributed by atoms with Gasteiger partial charge in [-0.2, -0.15) is 5.10 Å². The number of nitrogens with zero attached hydrogens (tertiary/aromatic N) is 2. The molecule has 2 aromatic carbocycles. The maximum Gasteiger partial charge on any atom is 0.329 e. The van der Waals surface area contributed by atoms with E-state index in [1.54, 1.807) is 18.2 Å². The zero-order valence-electron chi connectivity index (χ0n) is 12.4. The number of carbonyl (C=O) groups excluding carboxylic acids is 2. The Hall–Kier alpha value is -2.97. The summed E-state index contributed by atoms with van der Waals surface area (Å²) in [5.74, 6) is -1.99. The largest absolute Gasteiger partial charge is 0.329 e. The van der Waals surface area contributed by atoms with E-state index in [0.717, 1.165) is 6.21 Å². The van der Waals surface area contributed by atoms with Crippen LogP contribution in [0.2, 0.25) is 10.0 Å². The summed E-state index contributed by atoms with van der Waals surface area (Å²) in [6.07, 6.45) is 1.14. The van der Waals surface area contributed by atoms with E-state index >= 15 is 0 Å². The van der Waals surface area contributed by atoms with Gasteiger partial charge in [-0.05, 0) is 18.2 Å². The standard InChI is InChI=1S/C15H10Cl2N4O4/c16-10-3-1-2-4-12(10)19-14(22)15(23)20-18-8-9-5-6-11(17)13(7-9)21(24)25/h1-8H,(H,19,22)(H,20,23)/b18-8-. The first-order valence-electron chi connectivity index (χ1n) is 6.71. The Balaban J connectivity index is 1.98. The van der Waals surface area contributed by atoms with Gasteiger partial charge in [-0.1, -0.05) is 41.4 Å². The molecule has 128 valence electrons. The van der Waals surface area contributed by atoms with Gasteiger partial charge in [0.05, 0.1) is 21.8 Å². The van der Waals surface area contributed by atoms with Crippen LogP contribution in [0.1, 0.15) is 5.56 Å². The molecule has 0 aliphatic carbocycles. The van der Waals surface area contributed by atoms with Crippen LogP contribution >= 0.6 is 23.2 Å². The predicted octanol–water partition coefficient (Wildman–Crippen LogP) is 2.99. The molecule has 0 saturated heterocycles. The Morgan fingerprint density at radius 1 is 1.08 bits per heavy atom. The van der Waals surface area contributed by atoms with Crippen LogP contribution in [0.4, 0.5) is 11.4 Å². The van der Waals surface area contributed by atoms with Crippen molar-refractivity contribution < 1.29 is 14.5 Å². The zero-order valence-corrected chi connectivity index (χ0v) is 13.9. The van der Waals surface area contributed by atoms with Gasteiger partial charge in [0, 0.05) is 11.6 Å². The number of amides is 2. The molecule has 0 atom stereocenters. The average molecular weight is 381 g/mol. The first kappa shape index (κ1) is 18.4. The summed E-state index contributed by atoms with van der Waals surface area (Å²) >= 11 is 11.6. The average Bonchev–Trinajstić information content (AvgIpc) is 2.58. The van der Waals surface area contributed by atoms with Gasteiger partial charge < -0.3 is 5.32 Å². The first-order chi connectivity index (χ1) is 11.9. The van der Waals surface area contributed by atoms with Crippen molar-refractivity contribution in [2.24, 2.45) is 5.10 Å². The first-order valence-corrected chi connectivity index (χ1v) is 7.47. The van der Waals surface area contributed by atoms with Crippen LogP contribution in [-0.2, 0) is 9.59 Å². The third kappa shape index (κ3) is 5.00. The number of rotatable bonds is 4. The maximum atomic E-state index is 11.7. The van der Waals surface area contributed by atoms with Crippen LogP contribution in [0.5, 0.6) is 0 Å². The molecule has 25 heavy (non-hydrogen) atoms. The summed E-state index contributed by atoms with van der Waals surface area (Å²) in [6, 6.07) is 10.4. The van der Waals surface area contributed by atoms with E-state index in [9.17, 15) is 19.7 Å². The second-order valence-electron chi connectivity index (χ2n) is 4.60. The van der Waals surface area contributed by atoms with Crippen molar-refractivity contribution >= 4 is 52.6 Å². The van der Waals surface area contributed by atoms with Crippen LogP contribution in [0.15, 0.2) is 47.6 Å². The van der Waals surface area contributed by atoms with Crippen molar-refractivity contribution in [3.8, 4) is 0 Å². The van der Waals surface area contributed by atoms with E-state index in [-0.39, 0.29) is 21.4 Å². The Bertz CT molecular complexity index is 870. The zero-order chi connectivity index (χ0) is 18.4. The molecule has 2 N–H and O–H groups in total. The molecule has 0 aliphatic heterocycles. The van der Waals surface area contributed by atoms with Gasteiger partial charge in [-0.3, -0.25) is 19.7 Å². The molecule has 0 bridgehead atoms. The topological polar surface area (TPSA) is 114 Å². The molecule has 0 aliphatic rings. The third-order valence-electron chi connectivity index (χ3n) is 2.87. The number of para-hydroxylation sites is 1. The van der Waals surface area contributed by atoms with Gasteiger partial charge in [0.25, 0.3) is 5.69 Å². The number of hydrogen-bond donors (Lipinski definition) is 2. The van der Waals surface area contributed by atoms with E-state index in [2.05, 4.69) is 10.4 Å². The second-order valence-corrected chi connectivity index (χ2v) is 5.42. The maximum absolute atomic E-state index is 11.7. The monoisotopic (exact) mass is 380 g/mol. The number of nitro benzene ring substituents is 1. The molecule has 0 saturated carbocycles. The molecule has 0 aromatic heterocycles. The Labute approximate surface area is 151 Å². The highest BCUT2D eigenvalue weighted by molar-refractivity contribution is 6.41. The van der Waals surface area contributed by atoms with Crippen molar-refractivity contribution in [1.29, 1.82) is 0 Å². The van der Waals surface area contributed by atoms with E-state index in [1.165, 1.54) is 24.3 Å². The number of benzene rings is 2. The van der Waals surface area contributed by atoms with Crippen LogP contribution in [0.25, 0.3) is 0 Å². The van der Waals surface area contributed by atoms with E-state index < -0.39 is 16.7 Å². The van der Waals surface area contributed by atoms with Gasteiger partial charge in [0.2, 0.25) is 0 Å². The molecule has 0 fully saturated rings. The Morgan fingerprint density at radius 3 is 2.48 bits per heavy atom. The van der Waals surface area contributed by atoms with Gasteiger partial charge in [-0.25, -0.2) is 5.43 Å². The Morgan fingerprint density at radius 2 is 1.80 bits per heavy atom. The lowest BCUT2D eigenvalue weighted by atomic mass is 10.2. The van der Waals surface area contributed by atoms with Gasteiger partial charge in [0.1, 0.15) is 5.02 Å². The van der Waals surface area contributed by atoms with Crippen LogP contribution in [0.3, 0.4) is 0 Å². The van der Waals surface area contributed by atoms with E-state index in [4.69, 9.17) is 23.2 Å². The van der Waals surface area contributed by atoms with Crippen molar-refractivity contribution in [3.63, 3.8) is 0 Å². The van der Waals surface area contributed by atoms with Gasteiger partial charge >= 0.3 is 11.8 Å². The summed E-state index contributed by atoms with van der Waals surface area (Å²) in [4.78, 5) is 33.5. The highest BCUT2D eigenvalue weighted by Crippen LogP contribution is 2.24. The molecule has 8 nitrogen and oxygen atoms in total. The fraction of sp³-hybridized carbons (Fsp3) is 0. The molecule has 2 rings (SSSR count). The number of hydrogen-bond acceptors (Lipinski definition) is 5. The summed E-state index contributed by atoms with van der Waals surface area (Å²) in [7, 11) is 0. The lowest BCUT2D eigenvalue weighted by molar-refractivity contribution is -0.384. The lowest BCUT2D eigenvalue weighted by Gasteiger charge is -2.05. The lowest BCUT2D eigenvalue weighted by Crippen LogP contribution is -2.32. The molecule has 0 spiro atoms. The van der Waals surface area contributed by atoms with Crippen molar-refractivity contribution in [1.82, 2.24) is 5.43 Å². The van der Waals surface area contributed by atoms with Gasteiger partial charge in [-0.15, -0.1) is 0 Å². The summed E-state index contributed by atoms with van der Waals surface area (Å²) in [5.41, 5.74) is 2.31. The van der Waals surface area contributed by atoms with Crippen molar-refractivity contribution in [3.05, 3.63) is 68.2 Å². The van der Waals surface area contributed by atoms with Crippen LogP contribution in [0, 0.1) is 10.1 Å². The van der Waals surface area contributed by atoms with Crippen LogP contribution in [-0.4, -0.2) is 23.0 Å². The fourth-order valence-corrected chi connectivity index (χ4v) is 2.08. The van der Waals surface area contributed by atoms with Crippen molar-refractivity contribution in [2.75, 3.05) is 5.32 Å². The predicted molar refractivity (Wildman–Crippen MR) is 93.9 cm³/mol. The molecular formula is C15H10Cl2N4O4. The quantitative estimate of drug-likeness (QED) is 0.367. The number of nitrogens with one attached hydrogen (secondary N) is 2. The number of nitro groups is 1. The summed E-state index contributed by atoms with van der Waals surface area (Å²) in [5, 5.41) is 16.9. The number of hydrazone groups is 1. The number of anilines is 1. The molecule has 0 heterocycles. The highest BCUT2D eigenvalue weighted by atomic mass is 35.5. The number of carbonyl (C=O) groups is 2. The Kier molecular flexibility index (Phi) is 6.04. The minimum Gasteiger partial charge on any atom is -0.316 e. The number of halogens is 2. The minimum absolute atomic E-state index is 0.0229. The third-order valence-corrected chi connectivity index (χ3v) is 3.52. The molecule has 0 unspecified atom stereocenters. The normalized spacial score (nSPS) is 10.5. The second kappa shape index (κ2) is 8.22. The SMILES string of the molecule is O=C(N/N=C\c1ccc(Cl)c([N+](=O)[O-])c1)C(=O)Nc1ccccc1Cl. The van der Waals surface area contributed by atoms with E-state index in [0.29, 0.717) is 5.56 Å². The molecule has 2 amide bonds. The fourth-order valence-electron chi connectivity index (χ4n) is 1.71. The molecule has 0 radical (unpaired) electrons. The molecular weight excluding hydrogens is 371 g/mol.